The smallest absolute Gasteiger partial charge is 0.249 e. The molecule has 4 aromatic rings. The number of pyridine rings is 1. The molecule has 6 heterocycles. The number of halogens is 1. The van der Waals surface area contributed by atoms with Gasteiger partial charge in [0.2, 0.25) is 23.6 Å². The Hall–Kier alpha value is -4.99. The summed E-state index contributed by atoms with van der Waals surface area (Å²) in [7, 11) is 1.62. The van der Waals surface area contributed by atoms with Crippen LogP contribution in [0.1, 0.15) is 103 Å². The molecule has 318 valence electrons. The number of piperazine rings is 1. The standard InChI is InChI=1S/C44H55ClN10O4S/c1-28-29(2)60-44-40(28)41(32-11-13-33(45)14-12-32)48-34(42-51-50-30(3)55(42)44)27-38(57)47-18-9-7-5-6-8-10-20-53-21-23-54(24-22-53)36-25-31(17-19-46-36)26-39(58)52(4)35-15-16-37(56)49-43(35)59/h11-14,17,19,25,34-35H,5-10,15-16,18,20-24,26-27H2,1-4H3,(H,47,57)(H,49,56,59)/t34-,35?/m0/s1. The van der Waals surface area contributed by atoms with Gasteiger partial charge < -0.3 is 15.1 Å². The van der Waals surface area contributed by atoms with Gasteiger partial charge in [0.1, 0.15) is 28.7 Å². The van der Waals surface area contributed by atoms with Crippen molar-refractivity contribution in [2.24, 2.45) is 4.99 Å². The number of fused-ring (bicyclic) bond motifs is 3. The van der Waals surface area contributed by atoms with Crippen molar-refractivity contribution >= 4 is 58.1 Å². The lowest BCUT2D eigenvalue weighted by molar-refractivity contribution is -0.144. The van der Waals surface area contributed by atoms with Crippen molar-refractivity contribution < 1.29 is 19.2 Å². The summed E-state index contributed by atoms with van der Waals surface area (Å²) < 4.78 is 2.07. The number of amides is 4. The van der Waals surface area contributed by atoms with E-state index in [1.165, 1.54) is 22.6 Å². The van der Waals surface area contributed by atoms with Crippen LogP contribution in [0.4, 0.5) is 5.82 Å². The minimum absolute atomic E-state index is 0.0434. The van der Waals surface area contributed by atoms with Crippen molar-refractivity contribution in [3.8, 4) is 5.00 Å². The number of nitrogens with zero attached hydrogens (tertiary/aromatic N) is 8. The number of thiophene rings is 1. The molecule has 60 heavy (non-hydrogen) atoms. The number of rotatable bonds is 16. The summed E-state index contributed by atoms with van der Waals surface area (Å²) in [4.78, 5) is 67.3. The number of hydrogen-bond acceptors (Lipinski definition) is 11. The summed E-state index contributed by atoms with van der Waals surface area (Å²) in [6.07, 6.45) is 9.32. The van der Waals surface area contributed by atoms with Gasteiger partial charge in [0.05, 0.1) is 18.6 Å². The van der Waals surface area contributed by atoms with Crippen molar-refractivity contribution in [1.29, 1.82) is 0 Å². The van der Waals surface area contributed by atoms with E-state index in [1.54, 1.807) is 24.6 Å². The van der Waals surface area contributed by atoms with Crippen LogP contribution in [0, 0.1) is 20.8 Å². The van der Waals surface area contributed by atoms with E-state index in [4.69, 9.17) is 16.6 Å². The molecule has 2 N–H and O–H groups in total. The topological polar surface area (TPSA) is 158 Å². The highest BCUT2D eigenvalue weighted by molar-refractivity contribution is 7.15. The van der Waals surface area contributed by atoms with E-state index in [0.29, 0.717) is 23.8 Å². The molecule has 3 aromatic heterocycles. The number of carbonyl (C=O) groups is 4. The van der Waals surface area contributed by atoms with Crippen LogP contribution in [0.25, 0.3) is 5.00 Å². The SMILES string of the molecule is Cc1sc2c(c1C)C(c1ccc(Cl)cc1)=N[C@@H](CC(=O)NCCCCCCCCN1CCN(c3cc(CC(=O)N(C)C4CCC(=O)NC4=O)ccn3)CC1)c1nnc(C)n1-2. The van der Waals surface area contributed by atoms with E-state index < -0.39 is 18.0 Å². The molecule has 14 nitrogen and oxygen atoms in total. The average molecular weight is 856 g/mol. The second kappa shape index (κ2) is 19.6. The molecule has 16 heteroatoms. The minimum Gasteiger partial charge on any atom is -0.356 e. The van der Waals surface area contributed by atoms with E-state index in [0.717, 1.165) is 103 Å². The van der Waals surface area contributed by atoms with Crippen LogP contribution in [0.5, 0.6) is 0 Å². The third-order valence-corrected chi connectivity index (χ3v) is 13.3. The molecule has 0 radical (unpaired) electrons. The quantitative estimate of drug-likeness (QED) is 0.107. The zero-order valence-corrected chi connectivity index (χ0v) is 36.6. The summed E-state index contributed by atoms with van der Waals surface area (Å²) in [6, 6.07) is 10.4. The van der Waals surface area contributed by atoms with Gasteiger partial charge >= 0.3 is 0 Å². The number of aromatic nitrogens is 4. The number of aliphatic imine (C=N–C) groups is 1. The highest BCUT2D eigenvalue weighted by Crippen LogP contribution is 2.39. The fourth-order valence-corrected chi connectivity index (χ4v) is 9.58. The third-order valence-electron chi connectivity index (χ3n) is 11.9. The highest BCUT2D eigenvalue weighted by Gasteiger charge is 2.34. The van der Waals surface area contributed by atoms with Crippen LogP contribution in [0.2, 0.25) is 5.02 Å². The first kappa shape index (κ1) is 43.1. The van der Waals surface area contributed by atoms with Crippen LogP contribution >= 0.6 is 22.9 Å². The summed E-state index contributed by atoms with van der Waals surface area (Å²) in [5, 5.41) is 16.1. The lowest BCUT2D eigenvalue weighted by Gasteiger charge is -2.35. The third kappa shape index (κ3) is 10.1. The van der Waals surface area contributed by atoms with E-state index >= 15 is 0 Å². The Morgan fingerprint density at radius 2 is 1.70 bits per heavy atom. The molecule has 3 aliphatic heterocycles. The second-order valence-corrected chi connectivity index (χ2v) is 17.7. The molecule has 1 aromatic carbocycles. The molecule has 3 aliphatic rings. The van der Waals surface area contributed by atoms with Crippen LogP contribution < -0.4 is 15.5 Å². The van der Waals surface area contributed by atoms with Gasteiger partial charge in [0.25, 0.3) is 0 Å². The van der Waals surface area contributed by atoms with Crippen molar-refractivity contribution in [1.82, 2.24) is 40.2 Å². The van der Waals surface area contributed by atoms with Gasteiger partial charge in [-0.05, 0) is 82.0 Å². The first-order valence-corrected chi connectivity index (χ1v) is 22.3. The Morgan fingerprint density at radius 1 is 0.967 bits per heavy atom. The molecule has 4 amide bonds. The number of benzene rings is 1. The normalized spacial score (nSPS) is 18.0. The monoisotopic (exact) mass is 854 g/mol. The summed E-state index contributed by atoms with van der Waals surface area (Å²) in [6.45, 7) is 11.6. The number of piperidine rings is 1. The van der Waals surface area contributed by atoms with Crippen molar-refractivity contribution in [2.45, 2.75) is 97.1 Å². The van der Waals surface area contributed by atoms with E-state index in [2.05, 4.69) is 54.0 Å². The van der Waals surface area contributed by atoms with Gasteiger partial charge in [-0.2, -0.15) is 0 Å². The summed E-state index contributed by atoms with van der Waals surface area (Å²) in [5.41, 5.74) is 4.87. The predicted molar refractivity (Wildman–Crippen MR) is 234 cm³/mol. The average Bonchev–Trinajstić information content (AvgIpc) is 3.71. The molecule has 2 atom stereocenters. The molecule has 0 spiro atoms. The molecule has 2 saturated heterocycles. The number of carbonyl (C=O) groups excluding carboxylic acids is 4. The minimum atomic E-state index is -0.624. The summed E-state index contributed by atoms with van der Waals surface area (Å²) >= 11 is 7.94. The van der Waals surface area contributed by atoms with E-state index in [-0.39, 0.29) is 37.0 Å². The van der Waals surface area contributed by atoms with Crippen LogP contribution in [-0.2, 0) is 25.6 Å². The zero-order valence-electron chi connectivity index (χ0n) is 35.0. The van der Waals surface area contributed by atoms with Crippen LogP contribution in [0.15, 0.2) is 47.6 Å². The van der Waals surface area contributed by atoms with Gasteiger partial charge in [-0.25, -0.2) is 4.98 Å². The number of nitrogens with one attached hydrogen (secondary N) is 2. The lowest BCUT2D eigenvalue weighted by atomic mass is 9.99. The largest absolute Gasteiger partial charge is 0.356 e. The number of unbranched alkanes of at least 4 members (excludes halogenated alkanes) is 5. The molecule has 2 fully saturated rings. The van der Waals surface area contributed by atoms with E-state index in [9.17, 15) is 19.2 Å². The maximum atomic E-state index is 13.3. The fourth-order valence-electron chi connectivity index (χ4n) is 8.24. The van der Waals surface area contributed by atoms with Gasteiger partial charge in [-0.15, -0.1) is 21.5 Å². The fraction of sp³-hybridized carbons (Fsp3) is 0.500. The molecule has 1 unspecified atom stereocenters. The van der Waals surface area contributed by atoms with Crippen molar-refractivity contribution in [2.75, 3.05) is 51.2 Å². The molecule has 7 rings (SSSR count). The zero-order chi connectivity index (χ0) is 42.3. The Labute approximate surface area is 360 Å². The Balaban J connectivity index is 0.795. The number of likely N-dealkylation sites (N-methyl/N-ethyl adjacent to an activating group) is 1. The second-order valence-electron chi connectivity index (χ2n) is 16.1. The van der Waals surface area contributed by atoms with Gasteiger partial charge in [-0.3, -0.25) is 39.0 Å². The first-order chi connectivity index (χ1) is 29.0. The van der Waals surface area contributed by atoms with Crippen LogP contribution in [-0.4, -0.2) is 111 Å². The maximum Gasteiger partial charge on any atom is 0.249 e. The van der Waals surface area contributed by atoms with E-state index in [1.807, 2.05) is 43.3 Å². The highest BCUT2D eigenvalue weighted by atomic mass is 35.5. The molecule has 0 saturated carbocycles. The number of hydrogen-bond donors (Lipinski definition) is 2. The predicted octanol–water partition coefficient (Wildman–Crippen LogP) is 5.67. The van der Waals surface area contributed by atoms with Gasteiger partial charge in [-0.1, -0.05) is 49.4 Å². The van der Waals surface area contributed by atoms with Gasteiger partial charge in [0, 0.05) is 73.4 Å². The lowest BCUT2D eigenvalue weighted by Crippen LogP contribution is -2.53. The first-order valence-electron chi connectivity index (χ1n) is 21.1. The molecular weight excluding hydrogens is 800 g/mol. The number of imide groups is 1. The Bertz CT molecular complexity index is 2230. The number of anilines is 1. The maximum absolute atomic E-state index is 13.3. The Kier molecular flexibility index (Phi) is 14.1. The summed E-state index contributed by atoms with van der Waals surface area (Å²) in [5.74, 6) is 1.41. The van der Waals surface area contributed by atoms with Gasteiger partial charge in [0.15, 0.2) is 5.82 Å². The molecule has 0 bridgehead atoms. The van der Waals surface area contributed by atoms with Crippen molar-refractivity contribution in [3.63, 3.8) is 0 Å². The van der Waals surface area contributed by atoms with Crippen LogP contribution in [0.3, 0.4) is 0 Å². The Morgan fingerprint density at radius 3 is 2.45 bits per heavy atom. The van der Waals surface area contributed by atoms with Crippen molar-refractivity contribution in [3.05, 3.63) is 86.4 Å². The molecular formula is C44H55ClN10O4S. The number of aryl methyl sites for hydroxylation is 2. The molecule has 0 aliphatic carbocycles.